The summed E-state index contributed by atoms with van der Waals surface area (Å²) in [5, 5.41) is 19.3. The van der Waals surface area contributed by atoms with E-state index in [1.165, 1.54) is 4.90 Å². The van der Waals surface area contributed by atoms with E-state index in [4.69, 9.17) is 0 Å². The molecule has 1 N–H and O–H groups in total. The molecule has 0 spiro atoms. The maximum atomic E-state index is 13.6. The Morgan fingerprint density at radius 2 is 1.62 bits per heavy atom. The number of anilines is 2. The number of hydrogen-bond acceptors (Lipinski definition) is 6. The van der Waals surface area contributed by atoms with Crippen LogP contribution in [0.25, 0.3) is 0 Å². The molecule has 2 aromatic carbocycles. The number of rotatable bonds is 6. The minimum absolute atomic E-state index is 0.0321. The topological polar surface area (TPSA) is 86.6 Å². The van der Waals surface area contributed by atoms with Crippen molar-refractivity contribution in [2.75, 3.05) is 23.9 Å². The molecular formula is C27H28N4O3. The maximum absolute atomic E-state index is 13.6. The number of amides is 1. The Morgan fingerprint density at radius 3 is 2.15 bits per heavy atom. The van der Waals surface area contributed by atoms with Crippen molar-refractivity contribution in [3.63, 3.8) is 0 Å². The van der Waals surface area contributed by atoms with Gasteiger partial charge in [-0.05, 0) is 36.1 Å². The first kappa shape index (κ1) is 23.2. The highest BCUT2D eigenvalue weighted by molar-refractivity contribution is 6.20. The van der Waals surface area contributed by atoms with E-state index in [1.54, 1.807) is 29.2 Å². The lowest BCUT2D eigenvalue weighted by Crippen LogP contribution is -2.32. The zero-order chi connectivity index (χ0) is 24.6. The molecule has 2 heterocycles. The van der Waals surface area contributed by atoms with Crippen LogP contribution in [0.4, 0.5) is 11.6 Å². The van der Waals surface area contributed by atoms with Gasteiger partial charge in [-0.2, -0.15) is 0 Å². The molecule has 0 fully saturated rings. The molecule has 174 valence electrons. The van der Waals surface area contributed by atoms with Crippen LogP contribution in [0.15, 0.2) is 72.0 Å². The van der Waals surface area contributed by atoms with Crippen LogP contribution >= 0.6 is 0 Å². The third kappa shape index (κ3) is 4.17. The molecule has 1 aromatic heterocycles. The number of aryl methyl sites for hydroxylation is 1. The predicted molar refractivity (Wildman–Crippen MR) is 132 cm³/mol. The molecule has 0 saturated carbocycles. The molecule has 0 saturated heterocycles. The average molecular weight is 457 g/mol. The second kappa shape index (κ2) is 9.09. The molecule has 1 aliphatic heterocycles. The Hall–Kier alpha value is -4.00. The van der Waals surface area contributed by atoms with Crippen LogP contribution in [-0.2, 0) is 4.79 Å². The summed E-state index contributed by atoms with van der Waals surface area (Å²) in [6.07, 6.45) is 0. The standard InChI is InChI=1S/C27H28N4O3/c1-16(2)18-10-12-19(13-11-18)24-23(25(32)20-8-6-17(3)7-9-20)26(33)27(34)31(24)22-15-14-21(28-29-22)30(4)5/h6-16,24,33H,1-5H3. The van der Waals surface area contributed by atoms with E-state index >= 15 is 0 Å². The van der Waals surface area contributed by atoms with Gasteiger partial charge in [-0.3, -0.25) is 14.5 Å². The summed E-state index contributed by atoms with van der Waals surface area (Å²) in [5.41, 5.74) is 3.28. The summed E-state index contributed by atoms with van der Waals surface area (Å²) in [7, 11) is 3.69. The van der Waals surface area contributed by atoms with Crippen molar-refractivity contribution in [1.29, 1.82) is 0 Å². The van der Waals surface area contributed by atoms with Crippen molar-refractivity contribution in [2.45, 2.75) is 32.7 Å². The number of carbonyl (C=O) groups is 2. The number of nitrogens with zero attached hydrogens (tertiary/aromatic N) is 4. The van der Waals surface area contributed by atoms with E-state index in [1.807, 2.05) is 57.4 Å². The second-order valence-corrected chi connectivity index (χ2v) is 9.00. The van der Waals surface area contributed by atoms with Gasteiger partial charge in [-0.1, -0.05) is 67.9 Å². The molecule has 7 heteroatoms. The van der Waals surface area contributed by atoms with Gasteiger partial charge in [0.15, 0.2) is 23.2 Å². The molecule has 4 rings (SSSR count). The minimum atomic E-state index is -0.831. The summed E-state index contributed by atoms with van der Waals surface area (Å²) in [4.78, 5) is 30.0. The van der Waals surface area contributed by atoms with E-state index in [0.717, 1.165) is 11.1 Å². The van der Waals surface area contributed by atoms with Gasteiger partial charge >= 0.3 is 0 Å². The lowest BCUT2D eigenvalue weighted by molar-refractivity contribution is -0.117. The fraction of sp³-hybridized carbons (Fsp3) is 0.259. The fourth-order valence-corrected chi connectivity index (χ4v) is 4.00. The number of benzene rings is 2. The number of aliphatic hydroxyl groups is 1. The molecule has 0 radical (unpaired) electrons. The van der Waals surface area contributed by atoms with Crippen LogP contribution in [-0.4, -0.2) is 41.1 Å². The lowest BCUT2D eigenvalue weighted by atomic mass is 9.91. The zero-order valence-corrected chi connectivity index (χ0v) is 20.0. The Bertz CT molecular complexity index is 1240. The van der Waals surface area contributed by atoms with Crippen LogP contribution < -0.4 is 9.80 Å². The molecule has 1 unspecified atom stereocenters. The summed E-state index contributed by atoms with van der Waals surface area (Å²) in [5.74, 6) is -0.433. The summed E-state index contributed by atoms with van der Waals surface area (Å²) < 4.78 is 0. The third-order valence-corrected chi connectivity index (χ3v) is 6.03. The van der Waals surface area contributed by atoms with E-state index in [0.29, 0.717) is 22.9 Å². The molecule has 0 aliphatic carbocycles. The van der Waals surface area contributed by atoms with Gasteiger partial charge in [-0.15, -0.1) is 10.2 Å². The highest BCUT2D eigenvalue weighted by Crippen LogP contribution is 2.41. The number of aromatic nitrogens is 2. The maximum Gasteiger partial charge on any atom is 0.295 e. The van der Waals surface area contributed by atoms with Gasteiger partial charge in [0, 0.05) is 19.7 Å². The number of ketones is 1. The van der Waals surface area contributed by atoms with Crippen molar-refractivity contribution in [2.24, 2.45) is 0 Å². The largest absolute Gasteiger partial charge is 0.503 e. The first-order chi connectivity index (χ1) is 16.2. The van der Waals surface area contributed by atoms with Gasteiger partial charge in [0.2, 0.25) is 0 Å². The second-order valence-electron chi connectivity index (χ2n) is 9.00. The van der Waals surface area contributed by atoms with Crippen LogP contribution in [0.1, 0.15) is 52.9 Å². The number of Topliss-reactive ketones (excluding diaryl/α,β-unsaturated/α-hetero) is 1. The monoisotopic (exact) mass is 456 g/mol. The van der Waals surface area contributed by atoms with E-state index in [9.17, 15) is 14.7 Å². The van der Waals surface area contributed by atoms with Crippen LogP contribution in [0.3, 0.4) is 0 Å². The summed E-state index contributed by atoms with van der Waals surface area (Å²) in [6, 6.07) is 17.4. The van der Waals surface area contributed by atoms with Crippen molar-refractivity contribution >= 4 is 23.3 Å². The fourth-order valence-electron chi connectivity index (χ4n) is 4.00. The van der Waals surface area contributed by atoms with Gasteiger partial charge in [-0.25, -0.2) is 0 Å². The Balaban J connectivity index is 1.84. The number of carbonyl (C=O) groups excluding carboxylic acids is 2. The van der Waals surface area contributed by atoms with Crippen LogP contribution in [0.2, 0.25) is 0 Å². The molecule has 7 nitrogen and oxygen atoms in total. The van der Waals surface area contributed by atoms with E-state index in [-0.39, 0.29) is 11.4 Å². The normalized spacial score (nSPS) is 15.9. The number of hydrogen-bond donors (Lipinski definition) is 1. The highest BCUT2D eigenvalue weighted by atomic mass is 16.3. The van der Waals surface area contributed by atoms with Gasteiger partial charge in [0.25, 0.3) is 5.91 Å². The van der Waals surface area contributed by atoms with Gasteiger partial charge in [0.1, 0.15) is 0 Å². The summed E-state index contributed by atoms with van der Waals surface area (Å²) >= 11 is 0. The average Bonchev–Trinajstić information content (AvgIpc) is 3.09. The Labute approximate surface area is 199 Å². The smallest absolute Gasteiger partial charge is 0.295 e. The van der Waals surface area contributed by atoms with E-state index < -0.39 is 23.5 Å². The van der Waals surface area contributed by atoms with Crippen LogP contribution in [0.5, 0.6) is 0 Å². The molecule has 3 aromatic rings. The van der Waals surface area contributed by atoms with Crippen molar-refractivity contribution in [3.05, 3.63) is 94.2 Å². The summed E-state index contributed by atoms with van der Waals surface area (Å²) in [6.45, 7) is 6.13. The first-order valence-corrected chi connectivity index (χ1v) is 11.2. The third-order valence-electron chi connectivity index (χ3n) is 6.03. The molecular weight excluding hydrogens is 428 g/mol. The number of aliphatic hydroxyl groups excluding tert-OH is 1. The molecule has 1 amide bonds. The molecule has 1 atom stereocenters. The predicted octanol–water partition coefficient (Wildman–Crippen LogP) is 4.76. The van der Waals surface area contributed by atoms with Crippen LogP contribution in [0, 0.1) is 6.92 Å². The minimum Gasteiger partial charge on any atom is -0.503 e. The molecule has 0 bridgehead atoms. The van der Waals surface area contributed by atoms with Crippen molar-refractivity contribution in [3.8, 4) is 0 Å². The SMILES string of the molecule is Cc1ccc(C(=O)C2=C(O)C(=O)N(c3ccc(N(C)C)nn3)C2c2ccc(C(C)C)cc2)cc1. The van der Waals surface area contributed by atoms with Gasteiger partial charge < -0.3 is 10.0 Å². The molecule has 34 heavy (non-hydrogen) atoms. The highest BCUT2D eigenvalue weighted by Gasteiger charge is 2.45. The van der Waals surface area contributed by atoms with Crippen molar-refractivity contribution < 1.29 is 14.7 Å². The Kier molecular flexibility index (Phi) is 6.20. The Morgan fingerprint density at radius 1 is 0.971 bits per heavy atom. The zero-order valence-electron chi connectivity index (χ0n) is 20.0. The quantitative estimate of drug-likeness (QED) is 0.539. The van der Waals surface area contributed by atoms with E-state index in [2.05, 4.69) is 24.0 Å². The molecule has 1 aliphatic rings. The van der Waals surface area contributed by atoms with Crippen molar-refractivity contribution in [1.82, 2.24) is 10.2 Å². The lowest BCUT2D eigenvalue weighted by Gasteiger charge is -2.26. The van der Waals surface area contributed by atoms with Gasteiger partial charge in [0.05, 0.1) is 11.6 Å². The first-order valence-electron chi connectivity index (χ1n) is 11.2.